The topological polar surface area (TPSA) is 58.6 Å². The van der Waals surface area contributed by atoms with Gasteiger partial charge in [0, 0.05) is 6.54 Å². The van der Waals surface area contributed by atoms with Gasteiger partial charge < -0.3 is 15.2 Å². The van der Waals surface area contributed by atoms with Gasteiger partial charge in [-0.3, -0.25) is 4.79 Å². The minimum Gasteiger partial charge on any atom is -0.484 e. The summed E-state index contributed by atoms with van der Waals surface area (Å²) in [5.74, 6) is 0.571. The molecule has 0 aromatic heterocycles. The molecule has 1 aromatic rings. The summed E-state index contributed by atoms with van der Waals surface area (Å²) in [6.45, 7) is 4.58. The van der Waals surface area contributed by atoms with Gasteiger partial charge in [0.2, 0.25) is 0 Å². The maximum Gasteiger partial charge on any atom is 0.257 e. The van der Waals surface area contributed by atoms with Gasteiger partial charge in [0.05, 0.1) is 6.10 Å². The van der Waals surface area contributed by atoms with Crippen molar-refractivity contribution in [2.45, 2.75) is 39.2 Å². The Bertz CT molecular complexity index is 373. The summed E-state index contributed by atoms with van der Waals surface area (Å²) in [6, 6.07) is 7.43. The standard InChI is InChI=1S/C15H23NO3/c1-3-4-9-16-15(18)11-19-14-7-5-13(6-8-14)10-12(2)17/h5-8,12,17H,3-4,9-11H2,1-2H3,(H,16,18). The summed E-state index contributed by atoms with van der Waals surface area (Å²) in [5.41, 5.74) is 1.05. The van der Waals surface area contributed by atoms with Gasteiger partial charge in [-0.15, -0.1) is 0 Å². The highest BCUT2D eigenvalue weighted by Crippen LogP contribution is 2.13. The molecule has 0 fully saturated rings. The molecule has 0 aliphatic heterocycles. The summed E-state index contributed by atoms with van der Waals surface area (Å²) >= 11 is 0. The number of amides is 1. The van der Waals surface area contributed by atoms with Crippen LogP contribution in [0.25, 0.3) is 0 Å². The van der Waals surface area contributed by atoms with Crippen molar-refractivity contribution in [1.29, 1.82) is 0 Å². The molecule has 0 radical (unpaired) electrons. The largest absolute Gasteiger partial charge is 0.484 e. The lowest BCUT2D eigenvalue weighted by molar-refractivity contribution is -0.123. The van der Waals surface area contributed by atoms with Gasteiger partial charge in [-0.2, -0.15) is 0 Å². The average Bonchev–Trinajstić information content (AvgIpc) is 2.37. The molecule has 106 valence electrons. The SMILES string of the molecule is CCCCNC(=O)COc1ccc(CC(C)O)cc1. The monoisotopic (exact) mass is 265 g/mol. The Hall–Kier alpha value is -1.55. The van der Waals surface area contributed by atoms with Crippen LogP contribution in [-0.4, -0.2) is 30.3 Å². The number of ether oxygens (including phenoxy) is 1. The first-order valence-corrected chi connectivity index (χ1v) is 6.78. The molecule has 1 aromatic carbocycles. The van der Waals surface area contributed by atoms with Gasteiger partial charge >= 0.3 is 0 Å². The number of aliphatic hydroxyl groups excluding tert-OH is 1. The summed E-state index contributed by atoms with van der Waals surface area (Å²) < 4.78 is 5.38. The van der Waals surface area contributed by atoms with Crippen molar-refractivity contribution in [3.05, 3.63) is 29.8 Å². The van der Waals surface area contributed by atoms with E-state index in [1.165, 1.54) is 0 Å². The first-order chi connectivity index (χ1) is 9.11. The number of rotatable bonds is 8. The zero-order valence-corrected chi connectivity index (χ0v) is 11.7. The highest BCUT2D eigenvalue weighted by atomic mass is 16.5. The van der Waals surface area contributed by atoms with E-state index < -0.39 is 0 Å². The predicted octanol–water partition coefficient (Wildman–Crippen LogP) is 1.91. The Kier molecular flexibility index (Phi) is 6.97. The van der Waals surface area contributed by atoms with Gasteiger partial charge in [0.15, 0.2) is 6.61 Å². The minimum absolute atomic E-state index is 0.0411. The number of carbonyl (C=O) groups is 1. The van der Waals surface area contributed by atoms with Gasteiger partial charge in [0.1, 0.15) is 5.75 Å². The molecule has 0 aliphatic rings. The maximum absolute atomic E-state index is 11.4. The van der Waals surface area contributed by atoms with Gasteiger partial charge in [-0.25, -0.2) is 0 Å². The summed E-state index contributed by atoms with van der Waals surface area (Å²) in [6.07, 6.45) is 2.32. The van der Waals surface area contributed by atoms with Crippen LogP contribution in [0.5, 0.6) is 5.75 Å². The number of nitrogens with one attached hydrogen (secondary N) is 1. The first kappa shape index (κ1) is 15.5. The summed E-state index contributed by atoms with van der Waals surface area (Å²) in [5, 5.41) is 12.1. The van der Waals surface area contributed by atoms with E-state index in [9.17, 15) is 9.90 Å². The van der Waals surface area contributed by atoms with Crippen LogP contribution in [-0.2, 0) is 11.2 Å². The van der Waals surface area contributed by atoms with E-state index in [-0.39, 0.29) is 18.6 Å². The molecule has 1 atom stereocenters. The Morgan fingerprint density at radius 1 is 1.37 bits per heavy atom. The number of unbranched alkanes of at least 4 members (excludes halogenated alkanes) is 1. The Morgan fingerprint density at radius 2 is 2.05 bits per heavy atom. The van der Waals surface area contributed by atoms with Crippen molar-refractivity contribution in [3.8, 4) is 5.75 Å². The molecule has 1 unspecified atom stereocenters. The molecular weight excluding hydrogens is 242 g/mol. The third kappa shape index (κ3) is 6.82. The van der Waals surface area contributed by atoms with Crippen LogP contribution in [0, 0.1) is 0 Å². The summed E-state index contributed by atoms with van der Waals surface area (Å²) in [4.78, 5) is 11.4. The Balaban J connectivity index is 2.31. The number of hydrogen-bond acceptors (Lipinski definition) is 3. The molecule has 0 saturated heterocycles. The molecule has 0 saturated carbocycles. The van der Waals surface area contributed by atoms with E-state index in [0.29, 0.717) is 18.7 Å². The van der Waals surface area contributed by atoms with Crippen LogP contribution in [0.1, 0.15) is 32.3 Å². The molecule has 1 amide bonds. The molecule has 4 nitrogen and oxygen atoms in total. The van der Waals surface area contributed by atoms with Crippen LogP contribution >= 0.6 is 0 Å². The molecule has 0 aliphatic carbocycles. The van der Waals surface area contributed by atoms with E-state index in [1.54, 1.807) is 6.92 Å². The van der Waals surface area contributed by atoms with Gasteiger partial charge in [0.25, 0.3) is 5.91 Å². The van der Waals surface area contributed by atoms with E-state index >= 15 is 0 Å². The molecule has 0 spiro atoms. The van der Waals surface area contributed by atoms with E-state index in [2.05, 4.69) is 12.2 Å². The molecule has 4 heteroatoms. The molecule has 0 heterocycles. The van der Waals surface area contributed by atoms with E-state index in [1.807, 2.05) is 24.3 Å². The van der Waals surface area contributed by atoms with E-state index in [0.717, 1.165) is 18.4 Å². The summed E-state index contributed by atoms with van der Waals surface area (Å²) in [7, 11) is 0. The Morgan fingerprint density at radius 3 is 2.63 bits per heavy atom. The fourth-order valence-corrected chi connectivity index (χ4v) is 1.67. The number of hydrogen-bond donors (Lipinski definition) is 2. The second-order valence-electron chi connectivity index (χ2n) is 4.69. The van der Waals surface area contributed by atoms with Crippen LogP contribution in [0.2, 0.25) is 0 Å². The second-order valence-corrected chi connectivity index (χ2v) is 4.69. The molecule has 1 rings (SSSR count). The fraction of sp³-hybridized carbons (Fsp3) is 0.533. The average molecular weight is 265 g/mol. The molecule has 2 N–H and O–H groups in total. The third-order valence-electron chi connectivity index (χ3n) is 2.68. The fourth-order valence-electron chi connectivity index (χ4n) is 1.67. The first-order valence-electron chi connectivity index (χ1n) is 6.78. The number of benzene rings is 1. The second kappa shape index (κ2) is 8.53. The van der Waals surface area contributed by atoms with E-state index in [4.69, 9.17) is 4.74 Å². The van der Waals surface area contributed by atoms with Crippen molar-refractivity contribution < 1.29 is 14.6 Å². The molecular formula is C15H23NO3. The maximum atomic E-state index is 11.4. The van der Waals surface area contributed by atoms with Crippen LogP contribution in [0.4, 0.5) is 0 Å². The van der Waals surface area contributed by atoms with Crippen LogP contribution in [0.3, 0.4) is 0 Å². The van der Waals surface area contributed by atoms with Crippen molar-refractivity contribution in [2.75, 3.05) is 13.2 Å². The lowest BCUT2D eigenvalue weighted by Crippen LogP contribution is -2.29. The molecule has 19 heavy (non-hydrogen) atoms. The van der Waals surface area contributed by atoms with Gasteiger partial charge in [-0.05, 0) is 37.5 Å². The number of aliphatic hydroxyl groups is 1. The Labute approximate surface area is 114 Å². The van der Waals surface area contributed by atoms with Crippen molar-refractivity contribution in [2.24, 2.45) is 0 Å². The van der Waals surface area contributed by atoms with Crippen molar-refractivity contribution in [1.82, 2.24) is 5.32 Å². The highest BCUT2D eigenvalue weighted by molar-refractivity contribution is 5.77. The van der Waals surface area contributed by atoms with Crippen LogP contribution in [0.15, 0.2) is 24.3 Å². The van der Waals surface area contributed by atoms with Crippen molar-refractivity contribution in [3.63, 3.8) is 0 Å². The number of carbonyl (C=O) groups excluding carboxylic acids is 1. The highest BCUT2D eigenvalue weighted by Gasteiger charge is 2.03. The van der Waals surface area contributed by atoms with Crippen LogP contribution < -0.4 is 10.1 Å². The zero-order chi connectivity index (χ0) is 14.1. The van der Waals surface area contributed by atoms with Gasteiger partial charge in [-0.1, -0.05) is 25.5 Å². The lowest BCUT2D eigenvalue weighted by Gasteiger charge is -2.08. The predicted molar refractivity (Wildman–Crippen MR) is 75.2 cm³/mol. The minimum atomic E-state index is -0.351. The van der Waals surface area contributed by atoms with Crippen molar-refractivity contribution >= 4 is 5.91 Å². The third-order valence-corrected chi connectivity index (χ3v) is 2.68. The normalized spacial score (nSPS) is 11.9. The lowest BCUT2D eigenvalue weighted by atomic mass is 10.1. The zero-order valence-electron chi connectivity index (χ0n) is 11.7. The quantitative estimate of drug-likeness (QED) is 0.706. The smallest absolute Gasteiger partial charge is 0.257 e. The molecule has 0 bridgehead atoms.